The molecular formula is C40H45N3O4S. The minimum Gasteiger partial charge on any atom is -0.394 e. The first-order valence-electron chi connectivity index (χ1n) is 16.8. The van der Waals surface area contributed by atoms with Crippen molar-refractivity contribution < 1.29 is 19.5 Å². The maximum Gasteiger partial charge on any atom is 0.251 e. The standard InChI is InChI=1S/C40H45N3O4S/c1-6-20-41(30-16-12-9-13-17-30)37(45)34-33-23-28(5)40(48-33)35(34)38(46)43(31(25-44)24-29-14-10-8-11-15-29)36(40)39(47)42(21-7-2)32-22-26(3)18-19-27(32)4/h6-19,22,28,31,33-36,44H,1-2,20-21,23-25H2,3-5H3/t28?,31-,33-,34+,35+,36?,40?/m1/s1. The van der Waals surface area contributed by atoms with Crippen molar-refractivity contribution in [2.24, 2.45) is 17.8 Å². The lowest BCUT2D eigenvalue weighted by atomic mass is 9.65. The van der Waals surface area contributed by atoms with E-state index in [1.165, 1.54) is 0 Å². The Kier molecular flexibility index (Phi) is 9.68. The van der Waals surface area contributed by atoms with Crippen LogP contribution < -0.4 is 9.80 Å². The Balaban J connectivity index is 1.49. The van der Waals surface area contributed by atoms with E-state index in [0.717, 1.165) is 28.1 Å². The number of nitrogens with zero attached hydrogens (tertiary/aromatic N) is 3. The van der Waals surface area contributed by atoms with Crippen LogP contribution in [0.1, 0.15) is 30.0 Å². The number of carbonyl (C=O) groups is 3. The van der Waals surface area contributed by atoms with Gasteiger partial charge in [0.2, 0.25) is 11.8 Å². The lowest BCUT2D eigenvalue weighted by Crippen LogP contribution is -2.60. The summed E-state index contributed by atoms with van der Waals surface area (Å²) in [4.78, 5) is 50.3. The number of amides is 3. The zero-order valence-corrected chi connectivity index (χ0v) is 28.8. The van der Waals surface area contributed by atoms with E-state index in [0.29, 0.717) is 19.4 Å². The van der Waals surface area contributed by atoms with E-state index in [1.54, 1.807) is 38.6 Å². The number of para-hydroxylation sites is 1. The molecule has 3 aliphatic rings. The third-order valence-corrected chi connectivity index (χ3v) is 12.6. The predicted molar refractivity (Wildman–Crippen MR) is 194 cm³/mol. The minimum atomic E-state index is -0.886. The average Bonchev–Trinajstić information content (AvgIpc) is 3.70. The first-order valence-corrected chi connectivity index (χ1v) is 17.7. The lowest BCUT2D eigenvalue weighted by Gasteiger charge is -2.42. The Morgan fingerprint density at radius 1 is 0.979 bits per heavy atom. The van der Waals surface area contributed by atoms with Gasteiger partial charge < -0.3 is 19.8 Å². The van der Waals surface area contributed by atoms with E-state index in [4.69, 9.17) is 0 Å². The van der Waals surface area contributed by atoms with Crippen LogP contribution in [-0.2, 0) is 20.8 Å². The Hall–Kier alpha value is -4.14. The fraction of sp³-hybridized carbons (Fsp3) is 0.375. The largest absolute Gasteiger partial charge is 0.394 e. The molecule has 48 heavy (non-hydrogen) atoms. The van der Waals surface area contributed by atoms with Crippen LogP contribution in [0.3, 0.4) is 0 Å². The maximum atomic E-state index is 15.3. The normalized spacial score (nSPS) is 26.2. The van der Waals surface area contributed by atoms with Crippen LogP contribution in [0.4, 0.5) is 11.4 Å². The van der Waals surface area contributed by atoms with Gasteiger partial charge in [-0.15, -0.1) is 24.9 Å². The highest BCUT2D eigenvalue weighted by molar-refractivity contribution is 8.02. The highest BCUT2D eigenvalue weighted by Gasteiger charge is 2.77. The van der Waals surface area contributed by atoms with Crippen molar-refractivity contribution >= 4 is 40.9 Å². The fourth-order valence-corrected chi connectivity index (χ4v) is 10.8. The molecule has 0 saturated carbocycles. The number of aryl methyl sites for hydroxylation is 2. The maximum absolute atomic E-state index is 15.3. The molecule has 7 atom stereocenters. The van der Waals surface area contributed by atoms with Gasteiger partial charge in [0.05, 0.1) is 29.2 Å². The van der Waals surface area contributed by atoms with Gasteiger partial charge in [0.25, 0.3) is 5.91 Å². The minimum absolute atomic E-state index is 0.0192. The summed E-state index contributed by atoms with van der Waals surface area (Å²) in [6.45, 7) is 14.2. The number of fused-ring (bicyclic) bond motifs is 1. The Morgan fingerprint density at radius 2 is 1.62 bits per heavy atom. The number of aliphatic hydroxyl groups excluding tert-OH is 1. The molecule has 7 nitrogen and oxygen atoms in total. The van der Waals surface area contributed by atoms with Gasteiger partial charge in [-0.25, -0.2) is 0 Å². The number of likely N-dealkylation sites (tertiary alicyclic amines) is 1. The first kappa shape index (κ1) is 33.7. The Labute approximate surface area is 288 Å². The van der Waals surface area contributed by atoms with Crippen LogP contribution in [0, 0.1) is 31.6 Å². The van der Waals surface area contributed by atoms with E-state index in [9.17, 15) is 9.90 Å². The first-order chi connectivity index (χ1) is 23.2. The van der Waals surface area contributed by atoms with E-state index < -0.39 is 28.7 Å². The van der Waals surface area contributed by atoms with Crippen LogP contribution in [0.15, 0.2) is 104 Å². The molecule has 3 amide bonds. The van der Waals surface area contributed by atoms with Gasteiger partial charge >= 0.3 is 0 Å². The van der Waals surface area contributed by atoms with E-state index >= 15 is 9.59 Å². The number of hydrogen-bond donors (Lipinski definition) is 1. The topological polar surface area (TPSA) is 81.2 Å². The van der Waals surface area contributed by atoms with Crippen molar-refractivity contribution in [3.8, 4) is 0 Å². The summed E-state index contributed by atoms with van der Waals surface area (Å²) in [5.41, 5.74) is 4.44. The number of thioether (sulfide) groups is 1. The van der Waals surface area contributed by atoms with Crippen molar-refractivity contribution in [2.75, 3.05) is 29.5 Å². The van der Waals surface area contributed by atoms with Gasteiger partial charge in [0.1, 0.15) is 6.04 Å². The molecule has 1 N–H and O–H groups in total. The molecule has 3 fully saturated rings. The second-order valence-electron chi connectivity index (χ2n) is 13.4. The van der Waals surface area contributed by atoms with Crippen LogP contribution in [-0.4, -0.2) is 69.5 Å². The molecular weight excluding hydrogens is 619 g/mol. The van der Waals surface area contributed by atoms with Crippen molar-refractivity contribution in [3.63, 3.8) is 0 Å². The summed E-state index contributed by atoms with van der Waals surface area (Å²) < 4.78 is -0.850. The third kappa shape index (κ3) is 5.59. The second-order valence-corrected chi connectivity index (χ2v) is 15.0. The Morgan fingerprint density at radius 3 is 2.27 bits per heavy atom. The van der Waals surface area contributed by atoms with Gasteiger partial charge in [-0.1, -0.05) is 79.7 Å². The quantitative estimate of drug-likeness (QED) is 0.241. The smallest absolute Gasteiger partial charge is 0.251 e. The van der Waals surface area contributed by atoms with Gasteiger partial charge in [-0.2, -0.15) is 0 Å². The van der Waals surface area contributed by atoms with E-state index in [-0.39, 0.29) is 42.0 Å². The van der Waals surface area contributed by atoms with E-state index in [1.807, 2.05) is 92.7 Å². The molecule has 8 heteroatoms. The van der Waals surface area contributed by atoms with Gasteiger partial charge in [-0.05, 0) is 67.5 Å². The van der Waals surface area contributed by atoms with Crippen molar-refractivity contribution in [1.29, 1.82) is 0 Å². The molecule has 3 aliphatic heterocycles. The molecule has 3 unspecified atom stereocenters. The summed E-state index contributed by atoms with van der Waals surface area (Å²) in [7, 11) is 0. The zero-order chi connectivity index (χ0) is 34.2. The second kappa shape index (κ2) is 13.8. The molecule has 0 radical (unpaired) electrons. The van der Waals surface area contributed by atoms with Crippen molar-refractivity contribution in [2.45, 2.75) is 55.7 Å². The summed E-state index contributed by atoms with van der Waals surface area (Å²) in [6.07, 6.45) is 4.52. The molecule has 0 aromatic heterocycles. The summed E-state index contributed by atoms with van der Waals surface area (Å²) >= 11 is 1.65. The van der Waals surface area contributed by atoms with Gasteiger partial charge in [-0.3, -0.25) is 14.4 Å². The number of carbonyl (C=O) groups excluding carboxylic acids is 3. The van der Waals surface area contributed by atoms with Gasteiger partial charge in [0.15, 0.2) is 0 Å². The highest BCUT2D eigenvalue weighted by atomic mass is 32.2. The molecule has 0 aliphatic carbocycles. The average molecular weight is 664 g/mol. The summed E-state index contributed by atoms with van der Waals surface area (Å²) in [5.74, 6) is -1.92. The zero-order valence-electron chi connectivity index (χ0n) is 28.0. The van der Waals surface area contributed by atoms with Crippen molar-refractivity contribution in [1.82, 2.24) is 4.90 Å². The number of aliphatic hydroxyl groups is 1. The SMILES string of the molecule is C=CCN(C(=O)[C@@H]1[C@H]2C(=O)N([C@@H](CO)Cc3ccccc3)C(C(=O)N(CC=C)c3cc(C)ccc3C)C23S[C@@H]1CC3C)c1ccccc1. The van der Waals surface area contributed by atoms with Crippen LogP contribution >= 0.6 is 11.8 Å². The molecule has 1 spiro atoms. The van der Waals surface area contributed by atoms with Crippen LogP contribution in [0.2, 0.25) is 0 Å². The molecule has 3 saturated heterocycles. The number of anilines is 2. The van der Waals surface area contributed by atoms with Crippen LogP contribution in [0.25, 0.3) is 0 Å². The molecule has 250 valence electrons. The number of rotatable bonds is 12. The lowest BCUT2D eigenvalue weighted by molar-refractivity contribution is -0.141. The summed E-state index contributed by atoms with van der Waals surface area (Å²) in [6, 6.07) is 23.7. The molecule has 3 aromatic carbocycles. The number of hydrogen-bond acceptors (Lipinski definition) is 5. The third-order valence-electron chi connectivity index (χ3n) is 10.5. The Bertz CT molecular complexity index is 1700. The molecule has 2 bridgehead atoms. The molecule has 3 heterocycles. The van der Waals surface area contributed by atoms with Gasteiger partial charge in [0, 0.05) is 29.7 Å². The monoisotopic (exact) mass is 663 g/mol. The fourth-order valence-electron chi connectivity index (χ4n) is 8.38. The number of benzene rings is 3. The van der Waals surface area contributed by atoms with Crippen LogP contribution in [0.5, 0.6) is 0 Å². The molecule has 3 aromatic rings. The highest BCUT2D eigenvalue weighted by Crippen LogP contribution is 2.69. The molecule has 6 rings (SSSR count). The summed E-state index contributed by atoms with van der Waals surface area (Å²) in [5, 5.41) is 10.8. The van der Waals surface area contributed by atoms with Crippen molar-refractivity contribution in [3.05, 3.63) is 121 Å². The van der Waals surface area contributed by atoms with E-state index in [2.05, 4.69) is 20.1 Å². The predicted octanol–water partition coefficient (Wildman–Crippen LogP) is 5.98.